The van der Waals surface area contributed by atoms with Gasteiger partial charge in [0.25, 0.3) is 0 Å². The van der Waals surface area contributed by atoms with Crippen LogP contribution in [0.15, 0.2) is 0 Å². The van der Waals surface area contributed by atoms with Crippen molar-refractivity contribution >= 4 is 27.9 Å². The van der Waals surface area contributed by atoms with Crippen molar-refractivity contribution in [1.82, 2.24) is 0 Å². The Morgan fingerprint density at radius 2 is 1.22 bits per heavy atom. The topological polar surface area (TPSA) is 18.5 Å². The molecule has 0 unspecified atom stereocenters. The zero-order valence-electron chi connectivity index (χ0n) is 12.5. The molecule has 0 N–H and O–H groups in total. The Labute approximate surface area is 128 Å². The smallest absolute Gasteiger partial charge is 0.387 e. The molecule has 0 saturated carbocycles. The van der Waals surface area contributed by atoms with Gasteiger partial charge in [-0.25, -0.2) is 0 Å². The summed E-state index contributed by atoms with van der Waals surface area (Å²) in [5, 5.41) is 0. The van der Waals surface area contributed by atoms with E-state index in [-0.39, 0.29) is 0 Å². The summed E-state index contributed by atoms with van der Waals surface area (Å²) < 4.78 is 12.0. The molecule has 0 atom stereocenters. The summed E-state index contributed by atoms with van der Waals surface area (Å²) >= 11 is 2.48. The predicted octanol–water partition coefficient (Wildman–Crippen LogP) is 5.57. The average Bonchev–Trinajstić information content (AvgIpc) is 2.38. The maximum absolute atomic E-state index is 6.01. The van der Waals surface area contributed by atoms with E-state index < -0.39 is 6.06 Å². The van der Waals surface area contributed by atoms with Gasteiger partial charge in [0.2, 0.25) is 0 Å². The second-order valence-corrected chi connectivity index (χ2v) is 12.2. The van der Waals surface area contributed by atoms with E-state index in [1.807, 2.05) is 0 Å². The molecule has 110 valence electrons. The minimum Gasteiger partial charge on any atom is -0.387 e. The molecule has 0 bridgehead atoms. The van der Waals surface area contributed by atoms with Gasteiger partial charge in [0, 0.05) is 19.3 Å². The molecule has 0 aromatic heterocycles. The van der Waals surface area contributed by atoms with Gasteiger partial charge in [-0.05, 0) is 34.6 Å². The molecule has 0 rings (SSSR count). The average molecular weight is 386 g/mol. The van der Waals surface area contributed by atoms with Crippen molar-refractivity contribution in [3.05, 3.63) is 0 Å². The minimum absolute atomic E-state index is 0.856. The molecule has 2 nitrogen and oxygen atoms in total. The molecule has 18 heavy (non-hydrogen) atoms. The highest BCUT2D eigenvalue weighted by Crippen LogP contribution is 2.26. The quantitative estimate of drug-likeness (QED) is 0.178. The van der Waals surface area contributed by atoms with Crippen molar-refractivity contribution in [2.75, 3.05) is 13.2 Å². The highest BCUT2D eigenvalue weighted by molar-refractivity contribution is 14.1. The summed E-state index contributed by atoms with van der Waals surface area (Å²) in [7, 11) is 0. The van der Waals surface area contributed by atoms with Crippen LogP contribution in [0.25, 0.3) is 0 Å². The molecular weight excluding hydrogens is 355 g/mol. The van der Waals surface area contributed by atoms with Crippen LogP contribution in [0.2, 0.25) is 6.04 Å². The minimum atomic E-state index is -1.89. The van der Waals surface area contributed by atoms with Crippen LogP contribution in [0, 0.1) is 0 Å². The van der Waals surface area contributed by atoms with E-state index in [4.69, 9.17) is 8.85 Å². The molecule has 0 aromatic carbocycles. The number of hydrogen-bond acceptors (Lipinski definition) is 2. The first-order valence-corrected chi connectivity index (χ1v) is 12.8. The van der Waals surface area contributed by atoms with Crippen LogP contribution in [0.4, 0.5) is 0 Å². The number of halogens is 1. The van der Waals surface area contributed by atoms with Gasteiger partial charge in [0.15, 0.2) is 0 Å². The summed E-state index contributed by atoms with van der Waals surface area (Å²) in [5.41, 5.74) is 0. The molecule has 0 aliphatic rings. The lowest BCUT2D eigenvalue weighted by Gasteiger charge is -2.24. The van der Waals surface area contributed by atoms with Gasteiger partial charge in [-0.15, -0.1) is 0 Å². The molecular formula is C14H31IO2Si. The van der Waals surface area contributed by atoms with Gasteiger partial charge in [-0.3, -0.25) is 0 Å². The van der Waals surface area contributed by atoms with Crippen molar-refractivity contribution < 1.29 is 8.85 Å². The van der Waals surface area contributed by atoms with E-state index in [1.54, 1.807) is 0 Å². The third-order valence-electron chi connectivity index (χ3n) is 2.87. The summed E-state index contributed by atoms with van der Waals surface area (Å²) in [6, 6.07) is -0.737. The van der Waals surface area contributed by atoms with E-state index in [0.29, 0.717) is 0 Å². The zero-order valence-corrected chi connectivity index (χ0v) is 15.6. The number of rotatable bonds is 13. The first-order valence-electron chi connectivity index (χ1n) is 7.65. The van der Waals surface area contributed by atoms with Crippen molar-refractivity contribution in [1.29, 1.82) is 0 Å². The second-order valence-electron chi connectivity index (χ2n) is 4.87. The lowest BCUT2D eigenvalue weighted by Crippen LogP contribution is -2.35. The maximum atomic E-state index is 6.01. The molecule has 0 heterocycles. The van der Waals surface area contributed by atoms with Crippen molar-refractivity contribution in [2.45, 2.75) is 78.2 Å². The number of hydrogen-bond donors (Lipinski definition) is 0. The first-order chi connectivity index (χ1) is 8.68. The van der Waals surface area contributed by atoms with Crippen LogP contribution in [0.1, 0.15) is 72.1 Å². The van der Waals surface area contributed by atoms with Crippen molar-refractivity contribution in [2.24, 2.45) is 0 Å². The molecule has 0 aliphatic carbocycles. The van der Waals surface area contributed by atoms with E-state index in [1.165, 1.54) is 38.5 Å². The van der Waals surface area contributed by atoms with Crippen LogP contribution in [-0.4, -0.2) is 19.3 Å². The Bertz CT molecular complexity index is 171. The van der Waals surface area contributed by atoms with Crippen LogP contribution >= 0.6 is 21.8 Å². The Kier molecular flexibility index (Phi) is 13.5. The SMILES string of the molecule is CCCCCCCC[Si](I)(OCCC)OCCC. The van der Waals surface area contributed by atoms with Gasteiger partial charge in [-0.1, -0.05) is 59.3 Å². The highest BCUT2D eigenvalue weighted by Gasteiger charge is 2.33. The van der Waals surface area contributed by atoms with E-state index in [0.717, 1.165) is 32.1 Å². The Balaban J connectivity index is 3.77. The van der Waals surface area contributed by atoms with Crippen molar-refractivity contribution in [3.8, 4) is 0 Å². The fourth-order valence-electron chi connectivity index (χ4n) is 1.81. The Morgan fingerprint density at radius 3 is 1.72 bits per heavy atom. The second kappa shape index (κ2) is 12.9. The summed E-state index contributed by atoms with van der Waals surface area (Å²) in [6.07, 6.45) is 10.2. The maximum Gasteiger partial charge on any atom is 0.407 e. The van der Waals surface area contributed by atoms with E-state index in [2.05, 4.69) is 42.6 Å². The third-order valence-corrected chi connectivity index (χ3v) is 8.58. The van der Waals surface area contributed by atoms with Gasteiger partial charge < -0.3 is 8.85 Å². The van der Waals surface area contributed by atoms with E-state index in [9.17, 15) is 0 Å². The molecule has 0 saturated heterocycles. The molecule has 0 amide bonds. The standard InChI is InChI=1S/C14H31IO2Si/c1-4-7-8-9-10-11-14-18(15,16-12-5-2)17-13-6-3/h4-14H2,1-3H3. The van der Waals surface area contributed by atoms with Gasteiger partial charge >= 0.3 is 6.06 Å². The normalized spacial score (nSPS) is 12.0. The van der Waals surface area contributed by atoms with Crippen LogP contribution in [-0.2, 0) is 8.85 Å². The molecule has 0 aliphatic heterocycles. The fraction of sp³-hybridized carbons (Fsp3) is 1.00. The zero-order chi connectivity index (χ0) is 13.7. The van der Waals surface area contributed by atoms with Gasteiger partial charge in [0.05, 0.1) is 0 Å². The van der Waals surface area contributed by atoms with Crippen LogP contribution in [0.3, 0.4) is 0 Å². The lowest BCUT2D eigenvalue weighted by atomic mass is 10.1. The molecule has 4 heteroatoms. The third kappa shape index (κ3) is 10.8. The molecule has 0 fully saturated rings. The predicted molar refractivity (Wildman–Crippen MR) is 90.4 cm³/mol. The summed E-state index contributed by atoms with van der Waals surface area (Å²) in [6.45, 7) is 8.30. The monoisotopic (exact) mass is 386 g/mol. The van der Waals surface area contributed by atoms with Gasteiger partial charge in [-0.2, -0.15) is 0 Å². The molecule has 0 aromatic rings. The largest absolute Gasteiger partial charge is 0.407 e. The first kappa shape index (κ1) is 18.9. The van der Waals surface area contributed by atoms with Gasteiger partial charge in [0.1, 0.15) is 0 Å². The Hall–Kier alpha value is 0.867. The lowest BCUT2D eigenvalue weighted by molar-refractivity contribution is 0.191. The summed E-state index contributed by atoms with van der Waals surface area (Å²) in [5.74, 6) is 0. The Morgan fingerprint density at radius 1 is 0.722 bits per heavy atom. The van der Waals surface area contributed by atoms with Crippen LogP contribution < -0.4 is 0 Å². The fourth-order valence-corrected chi connectivity index (χ4v) is 6.34. The highest BCUT2D eigenvalue weighted by atomic mass is 127. The number of unbranched alkanes of at least 4 members (excludes halogenated alkanes) is 5. The van der Waals surface area contributed by atoms with E-state index >= 15 is 0 Å². The summed E-state index contributed by atoms with van der Waals surface area (Å²) in [4.78, 5) is 0. The molecule has 0 spiro atoms. The van der Waals surface area contributed by atoms with Crippen molar-refractivity contribution in [3.63, 3.8) is 0 Å². The molecule has 0 radical (unpaired) electrons. The van der Waals surface area contributed by atoms with Crippen LogP contribution in [0.5, 0.6) is 0 Å².